The van der Waals surface area contributed by atoms with Gasteiger partial charge in [0.2, 0.25) is 11.8 Å². The summed E-state index contributed by atoms with van der Waals surface area (Å²) in [5.74, 6) is 0.235. The molecule has 7 nitrogen and oxygen atoms in total. The molecular weight excluding hydrogens is 557 g/mol. The van der Waals surface area contributed by atoms with E-state index in [0.717, 1.165) is 15.6 Å². The van der Waals surface area contributed by atoms with Gasteiger partial charge in [-0.3, -0.25) is 4.79 Å². The molecule has 2 heterocycles. The van der Waals surface area contributed by atoms with Gasteiger partial charge in [-0.15, -0.1) is 0 Å². The van der Waals surface area contributed by atoms with E-state index in [9.17, 15) is 14.7 Å². The number of hydrogen-bond acceptors (Lipinski definition) is 4. The summed E-state index contributed by atoms with van der Waals surface area (Å²) in [5.41, 5.74) is 3.41. The fourth-order valence-corrected chi connectivity index (χ4v) is 4.98. The van der Waals surface area contributed by atoms with Gasteiger partial charge in [0, 0.05) is 45.7 Å². The van der Waals surface area contributed by atoms with Crippen molar-refractivity contribution in [3.05, 3.63) is 68.6 Å². The van der Waals surface area contributed by atoms with Gasteiger partial charge in [-0.2, -0.15) is 0 Å². The van der Waals surface area contributed by atoms with Crippen LogP contribution in [0, 0.1) is 0 Å². The highest BCUT2D eigenvalue weighted by Crippen LogP contribution is 2.41. The summed E-state index contributed by atoms with van der Waals surface area (Å²) in [6.45, 7) is 0.257. The minimum Gasteiger partial charge on any atom is -0.481 e. The number of nitrogens with one attached hydrogen (secondary N) is 1. The van der Waals surface area contributed by atoms with Gasteiger partial charge in [-0.1, -0.05) is 53.5 Å². The molecule has 1 saturated heterocycles. The number of carbonyl (C=O) groups excluding carboxylic acids is 1. The zero-order chi connectivity index (χ0) is 25.1. The number of hydrogen-bond donors (Lipinski definition) is 2. The van der Waals surface area contributed by atoms with Crippen LogP contribution in [0.3, 0.4) is 0 Å². The molecule has 1 aliphatic heterocycles. The van der Waals surface area contributed by atoms with E-state index in [1.165, 1.54) is 12.0 Å². The Balaban J connectivity index is 1.64. The largest absolute Gasteiger partial charge is 0.481 e. The number of aromatic nitrogens is 1. The maximum absolute atomic E-state index is 11.8. The van der Waals surface area contributed by atoms with E-state index < -0.39 is 6.09 Å². The molecule has 0 radical (unpaired) electrons. The molecule has 10 heteroatoms. The zero-order valence-corrected chi connectivity index (χ0v) is 21.8. The highest BCUT2D eigenvalue weighted by molar-refractivity contribution is 9.10. The Kier molecular flexibility index (Phi) is 7.84. The Morgan fingerprint density at radius 3 is 2.49 bits per heavy atom. The number of rotatable bonds is 7. The van der Waals surface area contributed by atoms with Crippen LogP contribution in [0.5, 0.6) is 5.88 Å². The second-order valence-electron chi connectivity index (χ2n) is 8.10. The highest BCUT2D eigenvalue weighted by atomic mass is 79.9. The first-order valence-electron chi connectivity index (χ1n) is 10.8. The van der Waals surface area contributed by atoms with Crippen LogP contribution in [0.4, 0.5) is 4.79 Å². The standard InChI is InChI=1S/C25H22BrCl2N3O4/c1-35-24-14(12-31(25(33)34)13-15-9-11-21(32)29-15)8-10-20(30-24)18-6-2-4-16(22(18)27)17-5-3-7-19(26)23(17)28/h2-8,10,15H,9,11-13H2,1H3,(H,29,32)(H,33,34). The molecule has 1 fully saturated rings. The fraction of sp³-hybridized carbons (Fsp3) is 0.240. The lowest BCUT2D eigenvalue weighted by atomic mass is 10.0. The quantitative estimate of drug-likeness (QED) is 0.345. The number of ether oxygens (including phenoxy) is 1. The van der Waals surface area contributed by atoms with Gasteiger partial charge in [0.25, 0.3) is 0 Å². The molecule has 0 aliphatic carbocycles. The lowest BCUT2D eigenvalue weighted by Gasteiger charge is -2.23. The second kappa shape index (κ2) is 10.8. The van der Waals surface area contributed by atoms with E-state index in [1.54, 1.807) is 12.1 Å². The summed E-state index contributed by atoms with van der Waals surface area (Å²) in [6.07, 6.45) is -0.0740. The van der Waals surface area contributed by atoms with Gasteiger partial charge in [0.05, 0.1) is 29.4 Å². The molecule has 3 aromatic rings. The van der Waals surface area contributed by atoms with Crippen molar-refractivity contribution in [3.63, 3.8) is 0 Å². The topological polar surface area (TPSA) is 91.8 Å². The first-order chi connectivity index (χ1) is 16.8. The van der Waals surface area contributed by atoms with Crippen molar-refractivity contribution in [1.82, 2.24) is 15.2 Å². The van der Waals surface area contributed by atoms with Crippen LogP contribution in [0.1, 0.15) is 18.4 Å². The average Bonchev–Trinajstić information content (AvgIpc) is 3.25. The molecule has 2 amide bonds. The van der Waals surface area contributed by atoms with Crippen LogP contribution < -0.4 is 10.1 Å². The third-order valence-electron chi connectivity index (χ3n) is 5.81. The Bertz CT molecular complexity index is 1290. The summed E-state index contributed by atoms with van der Waals surface area (Å²) in [4.78, 5) is 29.2. The predicted molar refractivity (Wildman–Crippen MR) is 139 cm³/mol. The van der Waals surface area contributed by atoms with Gasteiger partial charge >= 0.3 is 6.09 Å². The van der Waals surface area contributed by atoms with Gasteiger partial charge < -0.3 is 20.1 Å². The number of carboxylic acid groups (broad SMARTS) is 1. The number of nitrogens with zero attached hydrogens (tertiary/aromatic N) is 2. The van der Waals surface area contributed by atoms with Crippen LogP contribution in [-0.2, 0) is 11.3 Å². The minimum atomic E-state index is -1.08. The van der Waals surface area contributed by atoms with Crippen molar-refractivity contribution in [1.29, 1.82) is 0 Å². The lowest BCUT2D eigenvalue weighted by Crippen LogP contribution is -2.41. The van der Waals surface area contributed by atoms with Crippen LogP contribution in [0.2, 0.25) is 10.0 Å². The summed E-state index contributed by atoms with van der Waals surface area (Å²) >= 11 is 16.7. The Hall–Kier alpha value is -2.81. The first kappa shape index (κ1) is 25.3. The van der Waals surface area contributed by atoms with Crippen LogP contribution in [0.15, 0.2) is 53.0 Å². The van der Waals surface area contributed by atoms with Crippen molar-refractivity contribution in [2.45, 2.75) is 25.4 Å². The van der Waals surface area contributed by atoms with Crippen LogP contribution in [-0.4, -0.2) is 46.7 Å². The monoisotopic (exact) mass is 577 g/mol. The van der Waals surface area contributed by atoms with E-state index in [1.807, 2.05) is 36.4 Å². The van der Waals surface area contributed by atoms with E-state index >= 15 is 0 Å². The van der Waals surface area contributed by atoms with Gasteiger partial charge in [-0.25, -0.2) is 9.78 Å². The molecule has 2 aromatic carbocycles. The van der Waals surface area contributed by atoms with E-state index in [0.29, 0.717) is 45.6 Å². The number of amides is 2. The van der Waals surface area contributed by atoms with Crippen molar-refractivity contribution in [3.8, 4) is 28.3 Å². The van der Waals surface area contributed by atoms with Crippen LogP contribution in [0.25, 0.3) is 22.4 Å². The Morgan fingerprint density at radius 1 is 1.14 bits per heavy atom. The zero-order valence-electron chi connectivity index (χ0n) is 18.7. The van der Waals surface area contributed by atoms with E-state index in [4.69, 9.17) is 27.9 Å². The molecule has 1 aromatic heterocycles. The molecule has 0 spiro atoms. The number of carbonyl (C=O) groups is 2. The Morgan fingerprint density at radius 2 is 1.83 bits per heavy atom. The third kappa shape index (κ3) is 5.55. The molecule has 35 heavy (non-hydrogen) atoms. The van der Waals surface area contributed by atoms with Crippen molar-refractivity contribution in [2.24, 2.45) is 0 Å². The molecule has 0 saturated carbocycles. The van der Waals surface area contributed by atoms with E-state index in [2.05, 4.69) is 26.2 Å². The van der Waals surface area contributed by atoms with Crippen LogP contribution >= 0.6 is 39.1 Å². The van der Waals surface area contributed by atoms with Crippen molar-refractivity contribution in [2.75, 3.05) is 13.7 Å². The SMILES string of the molecule is COc1nc(-c2cccc(-c3cccc(Br)c3Cl)c2Cl)ccc1CN(CC1CCC(=O)N1)C(=O)O. The fourth-order valence-electron chi connectivity index (χ4n) is 4.06. The molecular formula is C25H22BrCl2N3O4. The van der Waals surface area contributed by atoms with Gasteiger partial charge in [0.1, 0.15) is 0 Å². The Labute approximate surface area is 221 Å². The molecule has 2 N–H and O–H groups in total. The number of pyridine rings is 1. The molecule has 4 rings (SSSR count). The number of methoxy groups -OCH3 is 1. The second-order valence-corrected chi connectivity index (χ2v) is 9.71. The average molecular weight is 579 g/mol. The maximum atomic E-state index is 11.8. The minimum absolute atomic E-state index is 0.0628. The molecule has 182 valence electrons. The molecule has 1 aliphatic rings. The maximum Gasteiger partial charge on any atom is 0.407 e. The van der Waals surface area contributed by atoms with Gasteiger partial charge in [0.15, 0.2) is 0 Å². The summed E-state index contributed by atoms with van der Waals surface area (Å²) in [6, 6.07) is 14.6. The van der Waals surface area contributed by atoms with Gasteiger partial charge in [-0.05, 0) is 40.5 Å². The summed E-state index contributed by atoms with van der Waals surface area (Å²) in [7, 11) is 1.48. The molecule has 1 unspecified atom stereocenters. The summed E-state index contributed by atoms with van der Waals surface area (Å²) < 4.78 is 6.26. The molecule has 0 bridgehead atoms. The van der Waals surface area contributed by atoms with Crippen molar-refractivity contribution < 1.29 is 19.4 Å². The summed E-state index contributed by atoms with van der Waals surface area (Å²) in [5, 5.41) is 13.5. The number of halogens is 3. The molecule has 1 atom stereocenters. The smallest absolute Gasteiger partial charge is 0.407 e. The number of benzene rings is 2. The lowest BCUT2D eigenvalue weighted by molar-refractivity contribution is -0.119. The first-order valence-corrected chi connectivity index (χ1v) is 12.4. The normalized spacial score (nSPS) is 15.1. The predicted octanol–water partition coefficient (Wildman–Crippen LogP) is 6.25. The third-order valence-corrected chi connectivity index (χ3v) is 7.51. The van der Waals surface area contributed by atoms with Crippen molar-refractivity contribution >= 4 is 51.1 Å². The highest BCUT2D eigenvalue weighted by Gasteiger charge is 2.26. The van der Waals surface area contributed by atoms with E-state index in [-0.39, 0.29) is 25.0 Å².